The lowest BCUT2D eigenvalue weighted by atomic mass is 9.90. The minimum absolute atomic E-state index is 0.205. The van der Waals surface area contributed by atoms with Crippen molar-refractivity contribution in [3.8, 4) is 5.75 Å². The van der Waals surface area contributed by atoms with Crippen LogP contribution in [0.2, 0.25) is 5.02 Å². The minimum atomic E-state index is 0.205. The fraction of sp³-hybridized carbons (Fsp3) is 0.667. The number of nitrogens with zero attached hydrogens (tertiary/aromatic N) is 1. The van der Waals surface area contributed by atoms with Crippen LogP contribution in [0.1, 0.15) is 46.1 Å². The standard InChI is InChI=1S/C18H28ClNO2/c1-11(2)15-9-14(7-8-17(15)19)21-10-16-13(5)20(6)22-18(16)12(3)4/h7-9,11-13,16,18H,10H2,1-6H3. The Morgan fingerprint density at radius 3 is 2.55 bits per heavy atom. The Labute approximate surface area is 139 Å². The first kappa shape index (κ1) is 17.6. The molecule has 0 bridgehead atoms. The van der Waals surface area contributed by atoms with E-state index in [1.165, 1.54) is 0 Å². The van der Waals surface area contributed by atoms with Crippen molar-refractivity contribution in [1.82, 2.24) is 5.06 Å². The molecular formula is C18H28ClNO2. The number of hydrogen-bond acceptors (Lipinski definition) is 3. The maximum absolute atomic E-state index is 6.24. The van der Waals surface area contributed by atoms with E-state index in [0.717, 1.165) is 16.3 Å². The van der Waals surface area contributed by atoms with E-state index < -0.39 is 0 Å². The molecule has 1 aliphatic rings. The number of ether oxygens (including phenoxy) is 1. The average Bonchev–Trinajstić information content (AvgIpc) is 2.74. The molecule has 1 aromatic carbocycles. The Hall–Kier alpha value is -0.770. The van der Waals surface area contributed by atoms with Gasteiger partial charge in [-0.3, -0.25) is 4.84 Å². The molecule has 3 atom stereocenters. The van der Waals surface area contributed by atoms with Crippen LogP contribution < -0.4 is 4.74 Å². The molecule has 0 N–H and O–H groups in total. The zero-order valence-corrected chi connectivity index (χ0v) is 15.2. The van der Waals surface area contributed by atoms with Gasteiger partial charge in [-0.25, -0.2) is 0 Å². The third-order valence-corrected chi connectivity index (χ3v) is 4.94. The molecule has 1 aromatic rings. The second kappa shape index (κ2) is 7.20. The molecule has 0 aromatic heterocycles. The minimum Gasteiger partial charge on any atom is -0.493 e. The summed E-state index contributed by atoms with van der Waals surface area (Å²) in [5.41, 5.74) is 1.13. The van der Waals surface area contributed by atoms with Crippen molar-refractivity contribution < 1.29 is 9.57 Å². The quantitative estimate of drug-likeness (QED) is 0.780. The van der Waals surface area contributed by atoms with Crippen molar-refractivity contribution >= 4 is 11.6 Å². The van der Waals surface area contributed by atoms with Crippen LogP contribution in [0.3, 0.4) is 0 Å². The van der Waals surface area contributed by atoms with E-state index in [0.29, 0.717) is 30.4 Å². The molecule has 1 fully saturated rings. The van der Waals surface area contributed by atoms with Gasteiger partial charge in [-0.05, 0) is 42.5 Å². The first-order chi connectivity index (χ1) is 10.3. The lowest BCUT2D eigenvalue weighted by molar-refractivity contribution is -0.152. The lowest BCUT2D eigenvalue weighted by Crippen LogP contribution is -2.33. The van der Waals surface area contributed by atoms with Crippen molar-refractivity contribution in [2.45, 2.75) is 52.7 Å². The second-order valence-corrected chi connectivity index (χ2v) is 7.32. The largest absolute Gasteiger partial charge is 0.493 e. The summed E-state index contributed by atoms with van der Waals surface area (Å²) in [5.74, 6) is 2.11. The van der Waals surface area contributed by atoms with Crippen LogP contribution in [-0.2, 0) is 4.84 Å². The number of benzene rings is 1. The highest BCUT2D eigenvalue weighted by Crippen LogP contribution is 2.33. The molecule has 0 amide bonds. The SMILES string of the molecule is CC(C)c1cc(OCC2C(C(C)C)ON(C)C2C)ccc1Cl. The normalized spacial score (nSPS) is 26.1. The van der Waals surface area contributed by atoms with Gasteiger partial charge in [0.15, 0.2) is 0 Å². The Kier molecular flexibility index (Phi) is 5.76. The van der Waals surface area contributed by atoms with Crippen molar-refractivity contribution in [1.29, 1.82) is 0 Å². The van der Waals surface area contributed by atoms with Crippen LogP contribution in [0, 0.1) is 11.8 Å². The highest BCUT2D eigenvalue weighted by Gasteiger charge is 2.40. The summed E-state index contributed by atoms with van der Waals surface area (Å²) in [4.78, 5) is 5.95. The van der Waals surface area contributed by atoms with Gasteiger partial charge in [0.05, 0.1) is 12.7 Å². The maximum atomic E-state index is 6.24. The van der Waals surface area contributed by atoms with E-state index in [1.54, 1.807) is 0 Å². The number of halogens is 1. The number of rotatable bonds is 5. The summed E-state index contributed by atoms with van der Waals surface area (Å²) in [6.45, 7) is 11.5. The van der Waals surface area contributed by atoms with Crippen LogP contribution in [0.4, 0.5) is 0 Å². The van der Waals surface area contributed by atoms with E-state index in [-0.39, 0.29) is 6.10 Å². The maximum Gasteiger partial charge on any atom is 0.119 e. The zero-order chi connectivity index (χ0) is 16.4. The molecule has 3 unspecified atom stereocenters. The second-order valence-electron chi connectivity index (χ2n) is 6.91. The molecule has 1 heterocycles. The predicted molar refractivity (Wildman–Crippen MR) is 91.5 cm³/mol. The molecule has 0 radical (unpaired) electrons. The van der Waals surface area contributed by atoms with Crippen molar-refractivity contribution in [3.63, 3.8) is 0 Å². The molecule has 0 saturated carbocycles. The monoisotopic (exact) mass is 325 g/mol. The van der Waals surface area contributed by atoms with Gasteiger partial charge in [0, 0.05) is 24.0 Å². The van der Waals surface area contributed by atoms with E-state index in [9.17, 15) is 0 Å². The molecule has 124 valence electrons. The van der Waals surface area contributed by atoms with Gasteiger partial charge in [0.2, 0.25) is 0 Å². The van der Waals surface area contributed by atoms with Gasteiger partial charge >= 0.3 is 0 Å². The Balaban J connectivity index is 2.07. The van der Waals surface area contributed by atoms with Crippen LogP contribution in [0.25, 0.3) is 0 Å². The summed E-state index contributed by atoms with van der Waals surface area (Å²) in [6.07, 6.45) is 0.205. The highest BCUT2D eigenvalue weighted by atomic mass is 35.5. The van der Waals surface area contributed by atoms with Gasteiger partial charge < -0.3 is 4.74 Å². The third kappa shape index (κ3) is 3.76. The van der Waals surface area contributed by atoms with Crippen LogP contribution in [0.5, 0.6) is 5.75 Å². The van der Waals surface area contributed by atoms with E-state index in [4.69, 9.17) is 21.2 Å². The molecule has 1 saturated heterocycles. The molecule has 22 heavy (non-hydrogen) atoms. The fourth-order valence-electron chi connectivity index (χ4n) is 3.01. The summed E-state index contributed by atoms with van der Waals surface area (Å²) in [7, 11) is 2.00. The summed E-state index contributed by atoms with van der Waals surface area (Å²) in [6, 6.07) is 6.28. The first-order valence-corrected chi connectivity index (χ1v) is 8.51. The topological polar surface area (TPSA) is 21.7 Å². The smallest absolute Gasteiger partial charge is 0.119 e. The van der Waals surface area contributed by atoms with Crippen LogP contribution in [0.15, 0.2) is 18.2 Å². The third-order valence-electron chi connectivity index (χ3n) is 4.59. The Bertz CT molecular complexity index is 504. The predicted octanol–water partition coefficient (Wildman–Crippen LogP) is 4.75. The van der Waals surface area contributed by atoms with Crippen LogP contribution in [-0.4, -0.2) is 30.9 Å². The van der Waals surface area contributed by atoms with Crippen LogP contribution >= 0.6 is 11.6 Å². The Morgan fingerprint density at radius 1 is 1.27 bits per heavy atom. The van der Waals surface area contributed by atoms with Gasteiger partial charge in [-0.15, -0.1) is 0 Å². The average molecular weight is 326 g/mol. The molecule has 2 rings (SSSR count). The molecule has 3 nitrogen and oxygen atoms in total. The number of hydrogen-bond donors (Lipinski definition) is 0. The molecule has 1 aliphatic heterocycles. The zero-order valence-electron chi connectivity index (χ0n) is 14.5. The van der Waals surface area contributed by atoms with Gasteiger partial charge in [0.25, 0.3) is 0 Å². The lowest BCUT2D eigenvalue weighted by Gasteiger charge is -2.23. The van der Waals surface area contributed by atoms with Gasteiger partial charge in [-0.2, -0.15) is 5.06 Å². The molecular weight excluding hydrogens is 298 g/mol. The summed E-state index contributed by atoms with van der Waals surface area (Å²) in [5, 5.41) is 2.76. The van der Waals surface area contributed by atoms with Crippen molar-refractivity contribution in [2.24, 2.45) is 11.8 Å². The highest BCUT2D eigenvalue weighted by molar-refractivity contribution is 6.31. The Morgan fingerprint density at radius 2 is 1.95 bits per heavy atom. The fourth-order valence-corrected chi connectivity index (χ4v) is 3.34. The van der Waals surface area contributed by atoms with E-state index in [1.807, 2.05) is 24.2 Å². The number of hydroxylamine groups is 2. The molecule has 0 aliphatic carbocycles. The van der Waals surface area contributed by atoms with Crippen molar-refractivity contribution in [3.05, 3.63) is 28.8 Å². The van der Waals surface area contributed by atoms with E-state index in [2.05, 4.69) is 40.7 Å². The summed E-state index contributed by atoms with van der Waals surface area (Å²) >= 11 is 6.24. The molecule has 4 heteroatoms. The summed E-state index contributed by atoms with van der Waals surface area (Å²) < 4.78 is 6.07. The van der Waals surface area contributed by atoms with E-state index >= 15 is 0 Å². The van der Waals surface area contributed by atoms with Crippen molar-refractivity contribution in [2.75, 3.05) is 13.7 Å². The first-order valence-electron chi connectivity index (χ1n) is 8.13. The van der Waals surface area contributed by atoms with Gasteiger partial charge in [0.1, 0.15) is 5.75 Å². The van der Waals surface area contributed by atoms with Gasteiger partial charge in [-0.1, -0.05) is 39.3 Å². The molecule has 0 spiro atoms.